The number of amides is 1. The first-order valence-electron chi connectivity index (χ1n) is 6.10. The molecule has 7 heteroatoms. The summed E-state index contributed by atoms with van der Waals surface area (Å²) in [7, 11) is 0. The quantitative estimate of drug-likeness (QED) is 0.863. The van der Waals surface area contributed by atoms with Gasteiger partial charge in [0.05, 0.1) is 16.1 Å². The molecule has 0 atom stereocenters. The zero-order valence-corrected chi connectivity index (χ0v) is 13.2. The van der Waals surface area contributed by atoms with E-state index in [2.05, 4.69) is 10.3 Å². The molecule has 0 saturated heterocycles. The number of halogens is 3. The number of nitrogens with one attached hydrogen (secondary N) is 1. The summed E-state index contributed by atoms with van der Waals surface area (Å²) in [6.45, 7) is 5.46. The minimum atomic E-state index is -1.12. The molecule has 0 fully saturated rings. The van der Waals surface area contributed by atoms with Crippen LogP contribution in [0.2, 0.25) is 5.02 Å². The Kier molecular flexibility index (Phi) is 4.30. The van der Waals surface area contributed by atoms with Crippen molar-refractivity contribution >= 4 is 28.8 Å². The average molecular weight is 331 g/mol. The van der Waals surface area contributed by atoms with Crippen LogP contribution in [0.4, 0.5) is 8.78 Å². The zero-order valence-electron chi connectivity index (χ0n) is 11.6. The number of nitrogens with zero attached hydrogens (tertiary/aromatic N) is 1. The Morgan fingerprint density at radius 1 is 1.33 bits per heavy atom. The topological polar surface area (TPSA) is 42.0 Å². The predicted octanol–water partition coefficient (Wildman–Crippen LogP) is 4.05. The Hall–Kier alpha value is -1.53. The summed E-state index contributed by atoms with van der Waals surface area (Å²) in [4.78, 5) is 17.5. The molecule has 0 aliphatic heterocycles. The highest BCUT2D eigenvalue weighted by atomic mass is 35.5. The lowest BCUT2D eigenvalue weighted by Crippen LogP contribution is -2.41. The van der Waals surface area contributed by atoms with Crippen molar-refractivity contribution in [3.63, 3.8) is 0 Å². The molecule has 0 unspecified atom stereocenters. The third kappa shape index (κ3) is 3.39. The van der Waals surface area contributed by atoms with Crippen LogP contribution in [0, 0.1) is 18.6 Å². The second kappa shape index (κ2) is 5.69. The van der Waals surface area contributed by atoms with Crippen molar-refractivity contribution in [1.82, 2.24) is 10.3 Å². The van der Waals surface area contributed by atoms with Crippen LogP contribution in [0.25, 0.3) is 0 Å². The van der Waals surface area contributed by atoms with Gasteiger partial charge in [0.25, 0.3) is 5.91 Å². The second-order valence-electron chi connectivity index (χ2n) is 5.10. The first-order chi connectivity index (χ1) is 9.70. The van der Waals surface area contributed by atoms with E-state index < -0.39 is 23.1 Å². The van der Waals surface area contributed by atoms with Crippen molar-refractivity contribution in [3.8, 4) is 0 Å². The van der Waals surface area contributed by atoms with Gasteiger partial charge in [-0.1, -0.05) is 11.6 Å². The second-order valence-corrected chi connectivity index (χ2v) is 6.74. The number of carbonyl (C=O) groups is 1. The first kappa shape index (κ1) is 15.9. The molecule has 112 valence electrons. The Morgan fingerprint density at radius 3 is 2.52 bits per heavy atom. The third-order valence-corrected chi connectivity index (χ3v) is 4.39. The monoisotopic (exact) mass is 330 g/mol. The van der Waals surface area contributed by atoms with Crippen LogP contribution in [-0.4, -0.2) is 10.9 Å². The van der Waals surface area contributed by atoms with Crippen LogP contribution >= 0.6 is 22.9 Å². The summed E-state index contributed by atoms with van der Waals surface area (Å²) < 4.78 is 26.3. The first-order valence-corrected chi connectivity index (χ1v) is 7.30. The normalized spacial score (nSPS) is 11.5. The number of carbonyl (C=O) groups excluding carboxylic acids is 1. The van der Waals surface area contributed by atoms with Gasteiger partial charge in [0, 0.05) is 11.1 Å². The van der Waals surface area contributed by atoms with E-state index >= 15 is 0 Å². The van der Waals surface area contributed by atoms with Gasteiger partial charge in [0.15, 0.2) is 11.6 Å². The van der Waals surface area contributed by atoms with Crippen molar-refractivity contribution in [2.24, 2.45) is 0 Å². The van der Waals surface area contributed by atoms with Gasteiger partial charge in [-0.25, -0.2) is 13.8 Å². The zero-order chi connectivity index (χ0) is 15.8. The summed E-state index contributed by atoms with van der Waals surface area (Å²) in [6.07, 6.45) is 1.71. The summed E-state index contributed by atoms with van der Waals surface area (Å²) in [5.41, 5.74) is -0.860. The standard InChI is InChI=1S/C14H13ClF2N2OS/c1-7-6-18-13(21-7)14(2,3)19-12(20)8-4-10(16)11(17)5-9(8)15/h4-6H,1-3H3,(H,19,20). The van der Waals surface area contributed by atoms with E-state index in [4.69, 9.17) is 11.6 Å². The highest BCUT2D eigenvalue weighted by Gasteiger charge is 2.28. The molecule has 1 aromatic heterocycles. The van der Waals surface area contributed by atoms with Crippen molar-refractivity contribution in [1.29, 1.82) is 0 Å². The van der Waals surface area contributed by atoms with Gasteiger partial charge in [-0.15, -0.1) is 11.3 Å². The van der Waals surface area contributed by atoms with E-state index in [1.807, 2.05) is 6.92 Å². The minimum absolute atomic E-state index is 0.114. The molecule has 1 N–H and O–H groups in total. The van der Waals surface area contributed by atoms with Crippen LogP contribution < -0.4 is 5.32 Å². The molecular formula is C14H13ClF2N2OS. The summed E-state index contributed by atoms with van der Waals surface area (Å²) in [5, 5.41) is 3.30. The fourth-order valence-corrected chi connectivity index (χ4v) is 2.80. The summed E-state index contributed by atoms with van der Waals surface area (Å²) in [6, 6.07) is 1.57. The number of aromatic nitrogens is 1. The largest absolute Gasteiger partial charge is 0.341 e. The van der Waals surface area contributed by atoms with E-state index in [0.717, 1.165) is 17.0 Å². The predicted molar refractivity (Wildman–Crippen MR) is 78.7 cm³/mol. The van der Waals surface area contributed by atoms with Crippen LogP contribution in [0.1, 0.15) is 34.1 Å². The van der Waals surface area contributed by atoms with Gasteiger partial charge in [-0.2, -0.15) is 0 Å². The molecule has 0 bridgehead atoms. The molecule has 0 spiro atoms. The van der Waals surface area contributed by atoms with E-state index in [0.29, 0.717) is 5.01 Å². The number of rotatable bonds is 3. The number of aryl methyl sites for hydroxylation is 1. The summed E-state index contributed by atoms with van der Waals surface area (Å²) >= 11 is 7.24. The van der Waals surface area contributed by atoms with Gasteiger partial charge in [-0.05, 0) is 32.9 Å². The highest BCUT2D eigenvalue weighted by Crippen LogP contribution is 2.26. The van der Waals surface area contributed by atoms with Crippen molar-refractivity contribution in [2.75, 3.05) is 0 Å². The van der Waals surface area contributed by atoms with E-state index in [1.165, 1.54) is 11.3 Å². The van der Waals surface area contributed by atoms with Crippen molar-refractivity contribution < 1.29 is 13.6 Å². The van der Waals surface area contributed by atoms with Gasteiger partial charge in [0.2, 0.25) is 0 Å². The molecule has 1 heterocycles. The lowest BCUT2D eigenvalue weighted by atomic mass is 10.1. The molecule has 2 aromatic rings. The molecule has 3 nitrogen and oxygen atoms in total. The van der Waals surface area contributed by atoms with Crippen LogP contribution in [0.3, 0.4) is 0 Å². The van der Waals surface area contributed by atoms with Gasteiger partial charge < -0.3 is 5.32 Å². The highest BCUT2D eigenvalue weighted by molar-refractivity contribution is 7.11. The van der Waals surface area contributed by atoms with Crippen molar-refractivity contribution in [3.05, 3.63) is 50.4 Å². The SMILES string of the molecule is Cc1cnc(C(C)(C)NC(=O)c2cc(F)c(F)cc2Cl)s1. The molecule has 2 rings (SSSR count). The maximum Gasteiger partial charge on any atom is 0.253 e. The molecule has 0 radical (unpaired) electrons. The Balaban J connectivity index is 2.27. The lowest BCUT2D eigenvalue weighted by Gasteiger charge is -2.24. The fraction of sp³-hybridized carbons (Fsp3) is 0.286. The number of hydrogen-bond donors (Lipinski definition) is 1. The maximum absolute atomic E-state index is 13.3. The third-order valence-electron chi connectivity index (χ3n) is 2.84. The Morgan fingerprint density at radius 2 is 1.95 bits per heavy atom. The minimum Gasteiger partial charge on any atom is -0.341 e. The Bertz CT molecular complexity index is 700. The van der Waals surface area contributed by atoms with E-state index in [9.17, 15) is 13.6 Å². The van der Waals surface area contributed by atoms with Gasteiger partial charge in [0.1, 0.15) is 5.01 Å². The molecule has 1 aromatic carbocycles. The number of hydrogen-bond acceptors (Lipinski definition) is 3. The number of thiazole rings is 1. The smallest absolute Gasteiger partial charge is 0.253 e. The molecule has 0 aliphatic carbocycles. The van der Waals surface area contributed by atoms with Crippen molar-refractivity contribution in [2.45, 2.75) is 26.3 Å². The molecule has 0 saturated carbocycles. The Labute approximate surface area is 130 Å². The van der Waals surface area contributed by atoms with Gasteiger partial charge >= 0.3 is 0 Å². The number of benzene rings is 1. The average Bonchev–Trinajstić information content (AvgIpc) is 2.80. The van der Waals surface area contributed by atoms with E-state index in [-0.39, 0.29) is 10.6 Å². The molecular weight excluding hydrogens is 318 g/mol. The fourth-order valence-electron chi connectivity index (χ4n) is 1.74. The van der Waals surface area contributed by atoms with Crippen LogP contribution in [-0.2, 0) is 5.54 Å². The van der Waals surface area contributed by atoms with E-state index in [1.54, 1.807) is 20.0 Å². The van der Waals surface area contributed by atoms with Crippen LogP contribution in [0.15, 0.2) is 18.3 Å². The van der Waals surface area contributed by atoms with Crippen LogP contribution in [0.5, 0.6) is 0 Å². The molecule has 1 amide bonds. The maximum atomic E-state index is 13.3. The molecule has 0 aliphatic rings. The van der Waals surface area contributed by atoms with Gasteiger partial charge in [-0.3, -0.25) is 4.79 Å². The molecule has 21 heavy (non-hydrogen) atoms. The summed E-state index contributed by atoms with van der Waals surface area (Å²) in [5.74, 6) is -2.80. The lowest BCUT2D eigenvalue weighted by molar-refractivity contribution is 0.0911.